The summed E-state index contributed by atoms with van der Waals surface area (Å²) < 4.78 is 24.0. The molecule has 94 valence electrons. The first-order valence-corrected chi connectivity index (χ1v) is 7.18. The van der Waals surface area contributed by atoms with Gasteiger partial charge in [-0.25, -0.2) is 13.1 Å². The Morgan fingerprint density at radius 1 is 1.39 bits per heavy atom. The van der Waals surface area contributed by atoms with Crippen LogP contribution in [0.15, 0.2) is 35.5 Å². The molecule has 1 heterocycles. The summed E-state index contributed by atoms with van der Waals surface area (Å²) in [5.74, 6) is 0. The molecule has 0 atom stereocenters. The summed E-state index contributed by atoms with van der Waals surface area (Å²) in [5, 5.41) is 4.23. The molecule has 5 nitrogen and oxygen atoms in total. The van der Waals surface area contributed by atoms with Crippen LogP contribution in [0, 0.1) is 0 Å². The number of sulfone groups is 1. The SMILES string of the molecule is CS(=O)(=O)c1cnn(-c2ccc(C=O)c(Cl)c2)c1. The third-order valence-electron chi connectivity index (χ3n) is 2.36. The zero-order valence-corrected chi connectivity index (χ0v) is 10.9. The summed E-state index contributed by atoms with van der Waals surface area (Å²) in [5.41, 5.74) is 0.955. The highest BCUT2D eigenvalue weighted by Gasteiger charge is 2.11. The van der Waals surface area contributed by atoms with E-state index in [1.165, 1.54) is 17.1 Å². The van der Waals surface area contributed by atoms with Crippen LogP contribution < -0.4 is 0 Å². The topological polar surface area (TPSA) is 69.0 Å². The van der Waals surface area contributed by atoms with Crippen molar-refractivity contribution in [3.05, 3.63) is 41.2 Å². The predicted octanol–water partition coefficient (Wildman–Crippen LogP) is 1.74. The first-order chi connectivity index (χ1) is 8.41. The molecule has 0 aliphatic rings. The van der Waals surface area contributed by atoms with Crippen LogP contribution in [-0.2, 0) is 9.84 Å². The number of aldehydes is 1. The fourth-order valence-corrected chi connectivity index (χ4v) is 2.14. The Kier molecular flexibility index (Phi) is 3.23. The van der Waals surface area contributed by atoms with Gasteiger partial charge in [0.25, 0.3) is 0 Å². The van der Waals surface area contributed by atoms with Crippen molar-refractivity contribution < 1.29 is 13.2 Å². The van der Waals surface area contributed by atoms with Gasteiger partial charge in [-0.05, 0) is 18.2 Å². The lowest BCUT2D eigenvalue weighted by atomic mass is 10.2. The van der Waals surface area contributed by atoms with Crippen LogP contribution in [0.5, 0.6) is 0 Å². The number of nitrogens with zero attached hydrogens (tertiary/aromatic N) is 2. The summed E-state index contributed by atoms with van der Waals surface area (Å²) >= 11 is 5.89. The summed E-state index contributed by atoms with van der Waals surface area (Å²) in [6, 6.07) is 4.73. The van der Waals surface area contributed by atoms with Crippen molar-refractivity contribution in [2.24, 2.45) is 0 Å². The number of rotatable bonds is 3. The minimum absolute atomic E-state index is 0.123. The van der Waals surface area contributed by atoms with Gasteiger partial charge in [0.05, 0.1) is 16.9 Å². The maximum atomic E-state index is 11.3. The number of hydrogen-bond donors (Lipinski definition) is 0. The van der Waals surface area contributed by atoms with E-state index in [2.05, 4.69) is 5.10 Å². The van der Waals surface area contributed by atoms with E-state index in [4.69, 9.17) is 11.6 Å². The van der Waals surface area contributed by atoms with Gasteiger partial charge in [0.15, 0.2) is 16.1 Å². The fraction of sp³-hybridized carbons (Fsp3) is 0.0909. The van der Waals surface area contributed by atoms with Gasteiger partial charge in [0.1, 0.15) is 4.90 Å². The third-order valence-corrected chi connectivity index (χ3v) is 3.76. The highest BCUT2D eigenvalue weighted by molar-refractivity contribution is 7.90. The Bertz CT molecular complexity index is 707. The van der Waals surface area contributed by atoms with Crippen molar-refractivity contribution in [1.29, 1.82) is 0 Å². The Morgan fingerprint density at radius 3 is 2.61 bits per heavy atom. The molecule has 0 saturated carbocycles. The molecule has 0 fully saturated rings. The number of carbonyl (C=O) groups excluding carboxylic acids is 1. The number of carbonyl (C=O) groups is 1. The van der Waals surface area contributed by atoms with Crippen LogP contribution in [0.25, 0.3) is 5.69 Å². The molecule has 7 heteroatoms. The molecule has 1 aromatic heterocycles. The Morgan fingerprint density at radius 2 is 2.11 bits per heavy atom. The normalized spacial score (nSPS) is 11.4. The van der Waals surface area contributed by atoms with Crippen LogP contribution in [-0.4, -0.2) is 30.7 Å². The molecule has 0 spiro atoms. The van der Waals surface area contributed by atoms with E-state index in [9.17, 15) is 13.2 Å². The van der Waals surface area contributed by atoms with Crippen LogP contribution in [0.1, 0.15) is 10.4 Å². The van der Waals surface area contributed by atoms with Crippen LogP contribution in [0.2, 0.25) is 5.02 Å². The molecule has 0 saturated heterocycles. The smallest absolute Gasteiger partial charge is 0.178 e. The van der Waals surface area contributed by atoms with Gasteiger partial charge in [0, 0.05) is 18.0 Å². The molecule has 1 aromatic carbocycles. The second-order valence-electron chi connectivity index (χ2n) is 3.72. The Labute approximate surface area is 109 Å². The Hall–Kier alpha value is -1.66. The summed E-state index contributed by atoms with van der Waals surface area (Å²) in [6.07, 6.45) is 4.41. The van der Waals surface area contributed by atoms with E-state index in [1.807, 2.05) is 0 Å². The van der Waals surface area contributed by atoms with E-state index >= 15 is 0 Å². The summed E-state index contributed by atoms with van der Waals surface area (Å²) in [6.45, 7) is 0. The average molecular weight is 285 g/mol. The first-order valence-electron chi connectivity index (χ1n) is 4.91. The highest BCUT2D eigenvalue weighted by atomic mass is 35.5. The molecule has 0 N–H and O–H groups in total. The minimum atomic E-state index is -3.29. The van der Waals surface area contributed by atoms with Crippen LogP contribution in [0.3, 0.4) is 0 Å². The quantitative estimate of drug-likeness (QED) is 0.805. The van der Waals surface area contributed by atoms with Crippen molar-refractivity contribution >= 4 is 27.7 Å². The highest BCUT2D eigenvalue weighted by Crippen LogP contribution is 2.19. The number of hydrogen-bond acceptors (Lipinski definition) is 4. The lowest BCUT2D eigenvalue weighted by Crippen LogP contribution is -1.97. The van der Waals surface area contributed by atoms with Crippen molar-refractivity contribution in [3.8, 4) is 5.69 Å². The van der Waals surface area contributed by atoms with Crippen molar-refractivity contribution in [2.45, 2.75) is 4.90 Å². The lowest BCUT2D eigenvalue weighted by Gasteiger charge is -2.02. The van der Waals surface area contributed by atoms with Crippen LogP contribution >= 0.6 is 11.6 Å². The molecule has 0 unspecified atom stereocenters. The van der Waals surface area contributed by atoms with Gasteiger partial charge < -0.3 is 0 Å². The second-order valence-corrected chi connectivity index (χ2v) is 6.14. The summed E-state index contributed by atoms with van der Waals surface area (Å²) in [4.78, 5) is 10.7. The first kappa shape index (κ1) is 12.8. The summed E-state index contributed by atoms with van der Waals surface area (Å²) in [7, 11) is -3.29. The molecule has 0 radical (unpaired) electrons. The average Bonchev–Trinajstić information content (AvgIpc) is 2.77. The molecule has 0 aliphatic heterocycles. The maximum absolute atomic E-state index is 11.3. The largest absolute Gasteiger partial charge is 0.298 e. The molecule has 2 aromatic rings. The molecule has 0 aliphatic carbocycles. The monoisotopic (exact) mass is 284 g/mol. The molecule has 2 rings (SSSR count). The van der Waals surface area contributed by atoms with Crippen molar-refractivity contribution in [2.75, 3.05) is 6.26 Å². The number of aromatic nitrogens is 2. The van der Waals surface area contributed by atoms with Crippen molar-refractivity contribution in [1.82, 2.24) is 9.78 Å². The van der Waals surface area contributed by atoms with E-state index in [0.29, 0.717) is 22.6 Å². The van der Waals surface area contributed by atoms with E-state index < -0.39 is 9.84 Å². The zero-order valence-electron chi connectivity index (χ0n) is 9.37. The van der Waals surface area contributed by atoms with Gasteiger partial charge in [-0.3, -0.25) is 4.79 Å². The predicted molar refractivity (Wildman–Crippen MR) is 67.1 cm³/mol. The standard InChI is InChI=1S/C11H9ClN2O3S/c1-18(16,17)10-5-13-14(6-10)9-3-2-8(7-15)11(12)4-9/h2-7H,1H3. The molecular formula is C11H9ClN2O3S. The Balaban J connectivity index is 2.47. The molecular weight excluding hydrogens is 276 g/mol. The molecule has 0 bridgehead atoms. The van der Waals surface area contributed by atoms with Gasteiger partial charge >= 0.3 is 0 Å². The van der Waals surface area contributed by atoms with E-state index in [0.717, 1.165) is 6.26 Å². The lowest BCUT2D eigenvalue weighted by molar-refractivity contribution is 0.112. The number of halogens is 1. The van der Waals surface area contributed by atoms with Crippen LogP contribution in [0.4, 0.5) is 0 Å². The van der Waals surface area contributed by atoms with Gasteiger partial charge in [-0.1, -0.05) is 11.6 Å². The fourth-order valence-electron chi connectivity index (χ4n) is 1.39. The van der Waals surface area contributed by atoms with Gasteiger partial charge in [-0.15, -0.1) is 0 Å². The maximum Gasteiger partial charge on any atom is 0.178 e. The van der Waals surface area contributed by atoms with Crippen molar-refractivity contribution in [3.63, 3.8) is 0 Å². The van der Waals surface area contributed by atoms with E-state index in [1.54, 1.807) is 18.2 Å². The minimum Gasteiger partial charge on any atom is -0.298 e. The molecule has 0 amide bonds. The number of benzene rings is 1. The van der Waals surface area contributed by atoms with Gasteiger partial charge in [-0.2, -0.15) is 5.10 Å². The third kappa shape index (κ3) is 2.44. The van der Waals surface area contributed by atoms with E-state index in [-0.39, 0.29) is 4.90 Å². The van der Waals surface area contributed by atoms with Gasteiger partial charge in [0.2, 0.25) is 0 Å². The zero-order chi connectivity index (χ0) is 13.3. The molecule has 18 heavy (non-hydrogen) atoms. The second kappa shape index (κ2) is 4.55.